The topological polar surface area (TPSA) is 97.1 Å². The predicted octanol–water partition coefficient (Wildman–Crippen LogP) is 0.705. The first kappa shape index (κ1) is 14.2. The number of carboxylic acids is 1. The Hall–Kier alpha value is -2.22. The molecule has 0 fully saturated rings. The minimum absolute atomic E-state index is 0.00530. The Bertz CT molecular complexity index is 620. The zero-order valence-electron chi connectivity index (χ0n) is 10.9. The van der Waals surface area contributed by atoms with Gasteiger partial charge in [0.05, 0.1) is 23.4 Å². The number of aromatic nitrogens is 3. The van der Waals surface area contributed by atoms with Gasteiger partial charge in [-0.15, -0.1) is 11.3 Å². The maximum atomic E-state index is 11.7. The highest BCUT2D eigenvalue weighted by Gasteiger charge is 2.08. The summed E-state index contributed by atoms with van der Waals surface area (Å²) in [5, 5.41) is 14.3. The number of nitrogens with zero attached hydrogens (tertiary/aromatic N) is 3. The summed E-state index contributed by atoms with van der Waals surface area (Å²) in [6.45, 7) is 2.78. The fraction of sp³-hybridized carbons (Fsp3) is 0.333. The van der Waals surface area contributed by atoms with Crippen LogP contribution in [0.5, 0.6) is 0 Å². The Kier molecular flexibility index (Phi) is 4.46. The largest absolute Gasteiger partial charge is 0.476 e. The van der Waals surface area contributed by atoms with Crippen LogP contribution in [0.1, 0.15) is 21.2 Å². The molecule has 106 valence electrons. The summed E-state index contributed by atoms with van der Waals surface area (Å²) in [4.78, 5) is 30.3. The van der Waals surface area contributed by atoms with E-state index < -0.39 is 5.97 Å². The number of imidazole rings is 1. The molecule has 0 unspecified atom stereocenters. The number of thiazole rings is 1. The van der Waals surface area contributed by atoms with Gasteiger partial charge in [0.15, 0.2) is 5.69 Å². The molecule has 0 aliphatic carbocycles. The molecule has 1 amide bonds. The van der Waals surface area contributed by atoms with Crippen LogP contribution in [0.4, 0.5) is 0 Å². The van der Waals surface area contributed by atoms with Crippen LogP contribution in [0.3, 0.4) is 0 Å². The van der Waals surface area contributed by atoms with E-state index in [1.165, 1.54) is 23.9 Å². The molecule has 0 atom stereocenters. The summed E-state index contributed by atoms with van der Waals surface area (Å²) in [7, 11) is 0. The third-order valence-corrected chi connectivity index (χ3v) is 3.38. The van der Waals surface area contributed by atoms with Crippen LogP contribution < -0.4 is 5.32 Å². The molecule has 0 aliphatic heterocycles. The van der Waals surface area contributed by atoms with Crippen molar-refractivity contribution < 1.29 is 14.7 Å². The SMILES string of the molecule is Cc1nc(CC(=O)NCCn2cnc(C(=O)O)c2)cs1. The zero-order valence-corrected chi connectivity index (χ0v) is 11.7. The van der Waals surface area contributed by atoms with Crippen LogP contribution in [0.25, 0.3) is 0 Å². The number of carboxylic acid groups (broad SMARTS) is 1. The highest BCUT2D eigenvalue weighted by molar-refractivity contribution is 7.09. The molecule has 0 saturated carbocycles. The number of aromatic carboxylic acids is 1. The van der Waals surface area contributed by atoms with E-state index in [0.717, 1.165) is 10.7 Å². The van der Waals surface area contributed by atoms with Gasteiger partial charge in [0.1, 0.15) is 0 Å². The van der Waals surface area contributed by atoms with Crippen molar-refractivity contribution in [1.29, 1.82) is 0 Å². The standard InChI is InChI=1S/C12H14N4O3S/c1-8-15-9(6-20-8)4-11(17)13-2-3-16-5-10(12(18)19)14-7-16/h5-7H,2-4H2,1H3,(H,13,17)(H,18,19). The van der Waals surface area contributed by atoms with Gasteiger partial charge >= 0.3 is 5.97 Å². The van der Waals surface area contributed by atoms with Gasteiger partial charge in [-0.05, 0) is 6.92 Å². The maximum absolute atomic E-state index is 11.7. The number of rotatable bonds is 6. The van der Waals surface area contributed by atoms with E-state index in [9.17, 15) is 9.59 Å². The van der Waals surface area contributed by atoms with E-state index in [4.69, 9.17) is 5.11 Å². The van der Waals surface area contributed by atoms with Gasteiger partial charge in [-0.1, -0.05) is 0 Å². The number of hydrogen-bond acceptors (Lipinski definition) is 5. The van der Waals surface area contributed by atoms with Crippen molar-refractivity contribution >= 4 is 23.2 Å². The average molecular weight is 294 g/mol. The molecule has 0 spiro atoms. The van der Waals surface area contributed by atoms with Crippen LogP contribution >= 0.6 is 11.3 Å². The van der Waals surface area contributed by atoms with Crippen LogP contribution in [-0.2, 0) is 17.8 Å². The van der Waals surface area contributed by atoms with Crippen molar-refractivity contribution in [3.63, 3.8) is 0 Å². The van der Waals surface area contributed by atoms with Crippen LogP contribution in [0.15, 0.2) is 17.9 Å². The second kappa shape index (κ2) is 6.29. The molecule has 2 rings (SSSR count). The Balaban J connectivity index is 1.74. The monoisotopic (exact) mass is 294 g/mol. The lowest BCUT2D eigenvalue weighted by atomic mass is 10.3. The molecular formula is C12H14N4O3S. The van der Waals surface area contributed by atoms with Crippen LogP contribution in [0, 0.1) is 6.92 Å². The second-order valence-corrected chi connectivity index (χ2v) is 5.25. The number of amides is 1. The van der Waals surface area contributed by atoms with Crippen molar-refractivity contribution in [3.8, 4) is 0 Å². The van der Waals surface area contributed by atoms with Gasteiger partial charge in [-0.25, -0.2) is 14.8 Å². The van der Waals surface area contributed by atoms with Gasteiger partial charge in [0, 0.05) is 24.7 Å². The van der Waals surface area contributed by atoms with Gasteiger partial charge in [-0.2, -0.15) is 0 Å². The molecule has 8 heteroatoms. The molecule has 7 nitrogen and oxygen atoms in total. The van der Waals surface area contributed by atoms with E-state index in [1.54, 1.807) is 4.57 Å². The molecule has 20 heavy (non-hydrogen) atoms. The number of hydrogen-bond donors (Lipinski definition) is 2. The number of carbonyl (C=O) groups is 2. The van der Waals surface area contributed by atoms with Crippen LogP contribution in [0.2, 0.25) is 0 Å². The van der Waals surface area contributed by atoms with Gasteiger partial charge in [-0.3, -0.25) is 4.79 Å². The van der Waals surface area contributed by atoms with Gasteiger partial charge in [0.2, 0.25) is 5.91 Å². The molecule has 2 aromatic heterocycles. The molecule has 2 N–H and O–H groups in total. The van der Waals surface area contributed by atoms with Gasteiger partial charge in [0.25, 0.3) is 0 Å². The lowest BCUT2D eigenvalue weighted by molar-refractivity contribution is -0.120. The summed E-state index contributed by atoms with van der Waals surface area (Å²) < 4.78 is 1.62. The first-order valence-electron chi connectivity index (χ1n) is 5.97. The van der Waals surface area contributed by atoms with E-state index in [2.05, 4.69) is 15.3 Å². The van der Waals surface area contributed by atoms with Crippen molar-refractivity contribution in [2.24, 2.45) is 0 Å². The van der Waals surface area contributed by atoms with E-state index in [0.29, 0.717) is 13.1 Å². The Morgan fingerprint density at radius 1 is 1.50 bits per heavy atom. The summed E-state index contributed by atoms with van der Waals surface area (Å²) in [6, 6.07) is 0. The molecule has 0 bridgehead atoms. The molecule has 2 aromatic rings. The smallest absolute Gasteiger partial charge is 0.356 e. The molecular weight excluding hydrogens is 280 g/mol. The minimum Gasteiger partial charge on any atom is -0.476 e. The maximum Gasteiger partial charge on any atom is 0.356 e. The molecule has 0 saturated heterocycles. The van der Waals surface area contributed by atoms with E-state index >= 15 is 0 Å². The fourth-order valence-electron chi connectivity index (χ4n) is 1.63. The Morgan fingerprint density at radius 2 is 2.30 bits per heavy atom. The predicted molar refractivity (Wildman–Crippen MR) is 72.8 cm³/mol. The Labute approximate surface area is 119 Å². The lowest BCUT2D eigenvalue weighted by Crippen LogP contribution is -2.28. The summed E-state index contributed by atoms with van der Waals surface area (Å²) in [6.07, 6.45) is 3.12. The average Bonchev–Trinajstić information content (AvgIpc) is 2.99. The summed E-state index contributed by atoms with van der Waals surface area (Å²) >= 11 is 1.51. The minimum atomic E-state index is -1.06. The third-order valence-electron chi connectivity index (χ3n) is 2.55. The fourth-order valence-corrected chi connectivity index (χ4v) is 2.25. The van der Waals surface area contributed by atoms with E-state index in [1.807, 2.05) is 12.3 Å². The molecule has 2 heterocycles. The van der Waals surface area contributed by atoms with Crippen molar-refractivity contribution in [1.82, 2.24) is 19.9 Å². The Morgan fingerprint density at radius 3 is 2.90 bits per heavy atom. The summed E-state index contributed by atoms with van der Waals surface area (Å²) in [5.41, 5.74) is 0.759. The van der Waals surface area contributed by atoms with Crippen molar-refractivity contribution in [3.05, 3.63) is 34.3 Å². The number of nitrogens with one attached hydrogen (secondary N) is 1. The summed E-state index contributed by atoms with van der Waals surface area (Å²) in [5.74, 6) is -1.17. The normalized spacial score (nSPS) is 10.4. The van der Waals surface area contributed by atoms with E-state index in [-0.39, 0.29) is 18.0 Å². The zero-order chi connectivity index (χ0) is 14.5. The quantitative estimate of drug-likeness (QED) is 0.817. The van der Waals surface area contributed by atoms with Crippen molar-refractivity contribution in [2.45, 2.75) is 19.9 Å². The third kappa shape index (κ3) is 3.89. The molecule has 0 aliphatic rings. The number of aryl methyl sites for hydroxylation is 1. The highest BCUT2D eigenvalue weighted by atomic mass is 32.1. The first-order chi connectivity index (χ1) is 9.54. The van der Waals surface area contributed by atoms with Crippen LogP contribution in [-0.4, -0.2) is 38.1 Å². The van der Waals surface area contributed by atoms with Crippen molar-refractivity contribution in [2.75, 3.05) is 6.54 Å². The number of carbonyl (C=O) groups excluding carboxylic acids is 1. The lowest BCUT2D eigenvalue weighted by Gasteiger charge is -2.04. The highest BCUT2D eigenvalue weighted by Crippen LogP contribution is 2.08. The molecule has 0 aromatic carbocycles. The molecule has 0 radical (unpaired) electrons. The second-order valence-electron chi connectivity index (χ2n) is 4.19. The first-order valence-corrected chi connectivity index (χ1v) is 6.85. The van der Waals surface area contributed by atoms with Gasteiger partial charge < -0.3 is 15.0 Å².